The van der Waals surface area contributed by atoms with Gasteiger partial charge < -0.3 is 39.0 Å². The summed E-state index contributed by atoms with van der Waals surface area (Å²) in [7, 11) is 0. The topological polar surface area (TPSA) is 178 Å². The normalized spacial score (nSPS) is 43.7. The summed E-state index contributed by atoms with van der Waals surface area (Å²) in [5.41, 5.74) is -6.66. The number of carbonyl (C=O) groups is 4. The Morgan fingerprint density at radius 1 is 0.955 bits per heavy atom. The Morgan fingerprint density at radius 2 is 1.57 bits per heavy atom. The van der Waals surface area contributed by atoms with E-state index in [0.717, 1.165) is 39.5 Å². The molecule has 0 aromatic rings. The third kappa shape index (κ3) is 5.59. The number of ether oxygens (including phenoxy) is 5. The maximum Gasteiger partial charge on any atom is 0.342 e. The maximum atomic E-state index is 13.2. The molecule has 2 saturated heterocycles. The average molecular weight is 623 g/mol. The van der Waals surface area contributed by atoms with Gasteiger partial charge in [-0.25, -0.2) is 4.79 Å². The molecule has 4 aliphatic rings. The van der Waals surface area contributed by atoms with E-state index in [2.05, 4.69) is 6.92 Å². The van der Waals surface area contributed by atoms with Crippen molar-refractivity contribution in [3.8, 4) is 0 Å². The molecule has 0 amide bonds. The summed E-state index contributed by atoms with van der Waals surface area (Å²) < 4.78 is 29.3. The first-order valence-electron chi connectivity index (χ1n) is 15.4. The summed E-state index contributed by atoms with van der Waals surface area (Å²) in [6.07, 6.45) is 0.122. The van der Waals surface area contributed by atoms with Gasteiger partial charge >= 0.3 is 23.9 Å². The van der Waals surface area contributed by atoms with Gasteiger partial charge in [0.15, 0.2) is 23.4 Å². The predicted molar refractivity (Wildman–Crippen MR) is 154 cm³/mol. The first-order valence-corrected chi connectivity index (χ1v) is 15.4. The van der Waals surface area contributed by atoms with Gasteiger partial charge in [-0.2, -0.15) is 0 Å². The van der Waals surface area contributed by atoms with Gasteiger partial charge in [-0.15, -0.1) is 0 Å². The summed E-state index contributed by atoms with van der Waals surface area (Å²) in [5, 5.41) is 34.9. The fraction of sp³-hybridized carbons (Fsp3) is 0.750. The van der Waals surface area contributed by atoms with Gasteiger partial charge in [0.25, 0.3) is 0 Å². The van der Waals surface area contributed by atoms with E-state index >= 15 is 0 Å². The fourth-order valence-electron chi connectivity index (χ4n) is 7.45. The lowest BCUT2D eigenvalue weighted by Gasteiger charge is -2.55. The molecule has 0 aromatic carbocycles. The minimum absolute atomic E-state index is 0.0944. The standard InChI is InChI=1S/C32H46O12/c1-8-9-10-11-12-13-22(36)43-24-17(2)16-21-32(31(7,44-32)28(38)42-21)27(41-19(4)34)25-29(5,15-14-20(35)30(25,6)39)26(23(24)37)40-18(3)33/h14-16,20-21,23-27,35,37,39H,8-13H2,1-7H3/b17-16-/t20-,21+,23-,24+,25-,26+,27-,29+,30-,31+,32+/m1/s1. The van der Waals surface area contributed by atoms with E-state index in [9.17, 15) is 34.5 Å². The average Bonchev–Trinajstić information content (AvgIpc) is 3.52. The molecule has 0 bridgehead atoms. The molecule has 11 atom stereocenters. The Morgan fingerprint density at radius 3 is 2.16 bits per heavy atom. The van der Waals surface area contributed by atoms with Crippen LogP contribution in [0.5, 0.6) is 0 Å². The van der Waals surface area contributed by atoms with Gasteiger partial charge in [0, 0.05) is 31.6 Å². The highest BCUT2D eigenvalue weighted by Crippen LogP contribution is 2.65. The third-order valence-electron chi connectivity index (χ3n) is 9.81. The lowest BCUT2D eigenvalue weighted by Crippen LogP contribution is -2.68. The monoisotopic (exact) mass is 622 g/mol. The second-order valence-electron chi connectivity index (χ2n) is 13.2. The first kappa shape index (κ1) is 34.1. The number of hydrogen-bond acceptors (Lipinski definition) is 12. The van der Waals surface area contributed by atoms with E-state index in [4.69, 9.17) is 23.7 Å². The van der Waals surface area contributed by atoms with Crippen molar-refractivity contribution >= 4 is 23.9 Å². The molecule has 2 aliphatic heterocycles. The van der Waals surface area contributed by atoms with Crippen molar-refractivity contribution in [1.29, 1.82) is 0 Å². The van der Waals surface area contributed by atoms with Gasteiger partial charge in [0.05, 0.1) is 5.60 Å². The number of epoxide rings is 1. The number of esters is 4. The van der Waals surface area contributed by atoms with Crippen LogP contribution < -0.4 is 0 Å². The molecule has 0 aromatic heterocycles. The molecule has 12 nitrogen and oxygen atoms in total. The zero-order valence-corrected chi connectivity index (χ0v) is 26.5. The first-order chi connectivity index (χ1) is 20.5. The molecule has 0 unspecified atom stereocenters. The van der Waals surface area contributed by atoms with Crippen molar-refractivity contribution in [1.82, 2.24) is 0 Å². The molecule has 44 heavy (non-hydrogen) atoms. The minimum atomic E-state index is -2.08. The number of rotatable bonds is 9. The molecule has 1 spiro atoms. The number of aliphatic hydroxyl groups excluding tert-OH is 2. The van der Waals surface area contributed by atoms with E-state index in [1.54, 1.807) is 13.8 Å². The number of fused-ring (bicyclic) bond motifs is 1. The summed E-state index contributed by atoms with van der Waals surface area (Å²) in [6, 6.07) is 0. The van der Waals surface area contributed by atoms with Gasteiger partial charge in [-0.3, -0.25) is 14.4 Å². The van der Waals surface area contributed by atoms with Crippen LogP contribution in [0.25, 0.3) is 0 Å². The Labute approximate surface area is 257 Å². The van der Waals surface area contributed by atoms with E-state index in [0.29, 0.717) is 6.42 Å². The van der Waals surface area contributed by atoms with E-state index in [1.165, 1.54) is 32.1 Å². The number of aliphatic hydroxyl groups is 3. The maximum absolute atomic E-state index is 13.2. The van der Waals surface area contributed by atoms with Crippen molar-refractivity contribution in [2.75, 3.05) is 0 Å². The third-order valence-corrected chi connectivity index (χ3v) is 9.81. The van der Waals surface area contributed by atoms with E-state index in [1.807, 2.05) is 0 Å². The number of hydrogen-bond donors (Lipinski definition) is 3. The van der Waals surface area contributed by atoms with Crippen molar-refractivity contribution in [3.63, 3.8) is 0 Å². The van der Waals surface area contributed by atoms with Crippen LogP contribution in [0, 0.1) is 11.3 Å². The molecule has 0 radical (unpaired) electrons. The van der Waals surface area contributed by atoms with E-state index in [-0.39, 0.29) is 12.0 Å². The molecule has 4 rings (SSSR count). The molecular formula is C32H46O12. The van der Waals surface area contributed by atoms with Crippen LogP contribution in [0.15, 0.2) is 23.8 Å². The zero-order chi connectivity index (χ0) is 32.8. The van der Waals surface area contributed by atoms with Crippen molar-refractivity contribution in [2.24, 2.45) is 11.3 Å². The van der Waals surface area contributed by atoms with Gasteiger partial charge in [-0.05, 0) is 38.8 Å². The second kappa shape index (κ2) is 12.2. The molecule has 2 aliphatic carbocycles. The van der Waals surface area contributed by atoms with Crippen LogP contribution in [0.4, 0.5) is 0 Å². The highest BCUT2D eigenvalue weighted by Gasteiger charge is 2.88. The van der Waals surface area contributed by atoms with Gasteiger partial charge in [0.1, 0.15) is 24.4 Å². The summed E-state index contributed by atoms with van der Waals surface area (Å²) in [5.74, 6) is -4.22. The van der Waals surface area contributed by atoms with Crippen LogP contribution in [0.3, 0.4) is 0 Å². The van der Waals surface area contributed by atoms with E-state index < -0.39 is 88.6 Å². The minimum Gasteiger partial charge on any atom is -0.459 e. The number of unbranched alkanes of at least 4 members (excludes halogenated alkanes) is 4. The van der Waals surface area contributed by atoms with Crippen LogP contribution in [-0.2, 0) is 42.9 Å². The Balaban J connectivity index is 1.90. The Hall–Kier alpha value is -2.80. The summed E-state index contributed by atoms with van der Waals surface area (Å²) in [4.78, 5) is 51.4. The summed E-state index contributed by atoms with van der Waals surface area (Å²) in [6.45, 7) is 10.3. The van der Waals surface area contributed by atoms with Gasteiger partial charge in [-0.1, -0.05) is 51.7 Å². The fourth-order valence-corrected chi connectivity index (χ4v) is 7.45. The smallest absolute Gasteiger partial charge is 0.342 e. The number of carbonyl (C=O) groups excluding carboxylic acids is 4. The largest absolute Gasteiger partial charge is 0.459 e. The van der Waals surface area contributed by atoms with Crippen LogP contribution >= 0.6 is 0 Å². The quantitative estimate of drug-likeness (QED) is 0.112. The van der Waals surface area contributed by atoms with Crippen LogP contribution in [0.1, 0.15) is 87.0 Å². The molecule has 0 saturated carbocycles. The zero-order valence-electron chi connectivity index (χ0n) is 26.5. The SMILES string of the molecule is CCCCCCCC(=O)O[C@H]1/C(C)=C\[C@@H]2OC(=O)[C@]3(C)O[C@]23[C@H](OC(C)=O)[C@H]2[C@](C)(O)[C@H](O)C=C[C@]2(C)[C@@H](OC(C)=O)[C@@H]1O. The van der Waals surface area contributed by atoms with Crippen LogP contribution in [0.2, 0.25) is 0 Å². The molecular weight excluding hydrogens is 576 g/mol. The van der Waals surface area contributed by atoms with Crippen LogP contribution in [-0.4, -0.2) is 92.6 Å². The predicted octanol–water partition coefficient (Wildman–Crippen LogP) is 2.20. The Bertz CT molecular complexity index is 1220. The van der Waals surface area contributed by atoms with Crippen molar-refractivity contribution in [3.05, 3.63) is 23.8 Å². The molecule has 12 heteroatoms. The highest BCUT2D eigenvalue weighted by molar-refractivity contribution is 5.89. The Kier molecular flexibility index (Phi) is 9.44. The lowest BCUT2D eigenvalue weighted by molar-refractivity contribution is -0.226. The molecule has 2 heterocycles. The second-order valence-corrected chi connectivity index (χ2v) is 13.2. The van der Waals surface area contributed by atoms with Crippen molar-refractivity contribution in [2.45, 2.75) is 140 Å². The molecule has 2 fully saturated rings. The van der Waals surface area contributed by atoms with Gasteiger partial charge in [0.2, 0.25) is 0 Å². The molecule has 246 valence electrons. The lowest BCUT2D eigenvalue weighted by atomic mass is 9.55. The van der Waals surface area contributed by atoms with Crippen molar-refractivity contribution < 1.29 is 58.2 Å². The highest BCUT2D eigenvalue weighted by atomic mass is 16.7. The summed E-state index contributed by atoms with van der Waals surface area (Å²) >= 11 is 0. The molecule has 3 N–H and O–H groups in total.